The number of para-hydroxylation sites is 1. The molecular formula is C15H22O3. The molecule has 0 amide bonds. The molecule has 0 aliphatic rings. The van der Waals surface area contributed by atoms with Crippen LogP contribution in [0.1, 0.15) is 44.0 Å². The molecule has 0 aliphatic heterocycles. The van der Waals surface area contributed by atoms with E-state index in [0.717, 1.165) is 12.8 Å². The highest BCUT2D eigenvalue weighted by molar-refractivity contribution is 5.96. The minimum Gasteiger partial charge on any atom is -0.490 e. The van der Waals surface area contributed by atoms with E-state index < -0.39 is 0 Å². The van der Waals surface area contributed by atoms with Crippen LogP contribution in [0.2, 0.25) is 0 Å². The highest BCUT2D eigenvalue weighted by Crippen LogP contribution is 2.18. The van der Waals surface area contributed by atoms with Crippen molar-refractivity contribution in [2.75, 3.05) is 13.2 Å². The first-order valence-corrected chi connectivity index (χ1v) is 6.49. The SMILES string of the molecule is CCCC(C)OCCOc1ccccc1C(C)=O. The van der Waals surface area contributed by atoms with E-state index in [-0.39, 0.29) is 11.9 Å². The molecule has 1 atom stereocenters. The summed E-state index contributed by atoms with van der Waals surface area (Å²) in [5.41, 5.74) is 0.624. The molecule has 0 radical (unpaired) electrons. The fourth-order valence-electron chi connectivity index (χ4n) is 1.77. The second-order valence-corrected chi connectivity index (χ2v) is 4.37. The normalized spacial score (nSPS) is 12.2. The van der Waals surface area contributed by atoms with Gasteiger partial charge in [0.25, 0.3) is 0 Å². The molecule has 1 rings (SSSR count). The van der Waals surface area contributed by atoms with Crippen LogP contribution in [-0.2, 0) is 4.74 Å². The molecule has 100 valence electrons. The third kappa shape index (κ3) is 4.88. The fraction of sp³-hybridized carbons (Fsp3) is 0.533. The molecule has 0 spiro atoms. The number of rotatable bonds is 8. The maximum atomic E-state index is 11.4. The van der Waals surface area contributed by atoms with Crippen molar-refractivity contribution in [3.05, 3.63) is 29.8 Å². The van der Waals surface area contributed by atoms with Crippen LogP contribution < -0.4 is 4.74 Å². The van der Waals surface area contributed by atoms with Crippen LogP contribution in [0.3, 0.4) is 0 Å². The molecule has 0 fully saturated rings. The van der Waals surface area contributed by atoms with E-state index in [1.54, 1.807) is 13.0 Å². The highest BCUT2D eigenvalue weighted by Gasteiger charge is 2.07. The lowest BCUT2D eigenvalue weighted by molar-refractivity contribution is 0.0393. The maximum Gasteiger partial charge on any atom is 0.163 e. The number of carbonyl (C=O) groups excluding carboxylic acids is 1. The minimum atomic E-state index is 0.0193. The lowest BCUT2D eigenvalue weighted by Crippen LogP contribution is -2.14. The molecule has 0 N–H and O–H groups in total. The van der Waals surface area contributed by atoms with Gasteiger partial charge in [-0.25, -0.2) is 0 Å². The topological polar surface area (TPSA) is 35.5 Å². The first-order valence-electron chi connectivity index (χ1n) is 6.49. The quantitative estimate of drug-likeness (QED) is 0.523. The van der Waals surface area contributed by atoms with Crippen LogP contribution in [0, 0.1) is 0 Å². The lowest BCUT2D eigenvalue weighted by Gasteiger charge is -2.13. The Balaban J connectivity index is 2.37. The van der Waals surface area contributed by atoms with Gasteiger partial charge < -0.3 is 9.47 Å². The Morgan fingerprint density at radius 3 is 2.67 bits per heavy atom. The van der Waals surface area contributed by atoms with Crippen LogP contribution in [0.5, 0.6) is 5.75 Å². The van der Waals surface area contributed by atoms with Crippen LogP contribution in [0.15, 0.2) is 24.3 Å². The van der Waals surface area contributed by atoms with Crippen LogP contribution in [-0.4, -0.2) is 25.1 Å². The Labute approximate surface area is 109 Å². The first-order chi connectivity index (χ1) is 8.65. The second kappa shape index (κ2) is 7.88. The predicted molar refractivity (Wildman–Crippen MR) is 72.3 cm³/mol. The van der Waals surface area contributed by atoms with Gasteiger partial charge in [-0.15, -0.1) is 0 Å². The van der Waals surface area contributed by atoms with Gasteiger partial charge in [0.05, 0.1) is 18.3 Å². The average molecular weight is 250 g/mol. The van der Waals surface area contributed by atoms with E-state index in [1.165, 1.54) is 0 Å². The van der Waals surface area contributed by atoms with Gasteiger partial charge in [0.15, 0.2) is 5.78 Å². The van der Waals surface area contributed by atoms with Crippen molar-refractivity contribution in [2.24, 2.45) is 0 Å². The molecule has 1 unspecified atom stereocenters. The first kappa shape index (κ1) is 14.7. The van der Waals surface area contributed by atoms with Gasteiger partial charge in [-0.1, -0.05) is 25.5 Å². The van der Waals surface area contributed by atoms with E-state index in [4.69, 9.17) is 9.47 Å². The summed E-state index contributed by atoms with van der Waals surface area (Å²) in [4.78, 5) is 11.4. The molecule has 0 saturated heterocycles. The molecular weight excluding hydrogens is 228 g/mol. The Morgan fingerprint density at radius 2 is 2.00 bits per heavy atom. The van der Waals surface area contributed by atoms with E-state index in [0.29, 0.717) is 24.5 Å². The van der Waals surface area contributed by atoms with Gasteiger partial charge in [0, 0.05) is 0 Å². The molecule has 1 aromatic carbocycles. The highest BCUT2D eigenvalue weighted by atomic mass is 16.5. The molecule has 0 bridgehead atoms. The lowest BCUT2D eigenvalue weighted by atomic mass is 10.1. The van der Waals surface area contributed by atoms with Gasteiger partial charge >= 0.3 is 0 Å². The molecule has 0 aromatic heterocycles. The monoisotopic (exact) mass is 250 g/mol. The zero-order chi connectivity index (χ0) is 13.4. The molecule has 18 heavy (non-hydrogen) atoms. The number of hydrogen-bond donors (Lipinski definition) is 0. The summed E-state index contributed by atoms with van der Waals surface area (Å²) in [5.74, 6) is 0.655. The third-order valence-corrected chi connectivity index (χ3v) is 2.70. The Morgan fingerprint density at radius 1 is 1.28 bits per heavy atom. The fourth-order valence-corrected chi connectivity index (χ4v) is 1.77. The van der Waals surface area contributed by atoms with E-state index in [9.17, 15) is 4.79 Å². The van der Waals surface area contributed by atoms with Crippen LogP contribution >= 0.6 is 0 Å². The molecule has 1 aromatic rings. The summed E-state index contributed by atoms with van der Waals surface area (Å²) in [6.07, 6.45) is 2.45. The van der Waals surface area contributed by atoms with Crippen molar-refractivity contribution >= 4 is 5.78 Å². The Hall–Kier alpha value is -1.35. The Kier molecular flexibility index (Phi) is 6.44. The third-order valence-electron chi connectivity index (χ3n) is 2.70. The van der Waals surface area contributed by atoms with Crippen LogP contribution in [0.4, 0.5) is 0 Å². The van der Waals surface area contributed by atoms with E-state index >= 15 is 0 Å². The number of benzene rings is 1. The van der Waals surface area contributed by atoms with Crippen molar-refractivity contribution in [3.8, 4) is 5.75 Å². The van der Waals surface area contributed by atoms with Crippen molar-refractivity contribution in [1.29, 1.82) is 0 Å². The van der Waals surface area contributed by atoms with Crippen molar-refractivity contribution in [1.82, 2.24) is 0 Å². The predicted octanol–water partition coefficient (Wildman–Crippen LogP) is 3.47. The average Bonchev–Trinajstić information content (AvgIpc) is 2.35. The smallest absolute Gasteiger partial charge is 0.163 e. The molecule has 0 heterocycles. The maximum absolute atomic E-state index is 11.4. The molecule has 0 saturated carbocycles. The zero-order valence-corrected chi connectivity index (χ0v) is 11.4. The summed E-state index contributed by atoms with van der Waals surface area (Å²) in [5, 5.41) is 0. The molecule has 0 aliphatic carbocycles. The zero-order valence-electron chi connectivity index (χ0n) is 11.4. The summed E-state index contributed by atoms with van der Waals surface area (Å²) in [6, 6.07) is 7.29. The number of ether oxygens (including phenoxy) is 2. The number of hydrogen-bond acceptors (Lipinski definition) is 3. The standard InChI is InChI=1S/C15H22O3/c1-4-7-12(2)17-10-11-18-15-9-6-5-8-14(15)13(3)16/h5-6,8-9,12H,4,7,10-11H2,1-3H3. The molecule has 3 heteroatoms. The van der Waals surface area contributed by atoms with E-state index in [1.807, 2.05) is 18.2 Å². The minimum absolute atomic E-state index is 0.0193. The van der Waals surface area contributed by atoms with Gasteiger partial charge in [-0.05, 0) is 32.4 Å². The van der Waals surface area contributed by atoms with Gasteiger partial charge in [-0.3, -0.25) is 4.79 Å². The summed E-state index contributed by atoms with van der Waals surface area (Å²) < 4.78 is 11.2. The van der Waals surface area contributed by atoms with Crippen molar-refractivity contribution in [2.45, 2.75) is 39.7 Å². The second-order valence-electron chi connectivity index (χ2n) is 4.37. The Bertz CT molecular complexity index is 374. The number of Topliss-reactive ketones (excluding diaryl/α,β-unsaturated/α-hetero) is 1. The molecule has 3 nitrogen and oxygen atoms in total. The largest absolute Gasteiger partial charge is 0.490 e. The van der Waals surface area contributed by atoms with Gasteiger partial charge in [0.2, 0.25) is 0 Å². The summed E-state index contributed by atoms with van der Waals surface area (Å²) in [6.45, 7) is 6.76. The number of ketones is 1. The summed E-state index contributed by atoms with van der Waals surface area (Å²) in [7, 11) is 0. The number of carbonyl (C=O) groups is 1. The van der Waals surface area contributed by atoms with Crippen molar-refractivity contribution < 1.29 is 14.3 Å². The van der Waals surface area contributed by atoms with E-state index in [2.05, 4.69) is 13.8 Å². The van der Waals surface area contributed by atoms with Gasteiger partial charge in [-0.2, -0.15) is 0 Å². The van der Waals surface area contributed by atoms with Crippen molar-refractivity contribution in [3.63, 3.8) is 0 Å². The van der Waals surface area contributed by atoms with Gasteiger partial charge in [0.1, 0.15) is 12.4 Å². The van der Waals surface area contributed by atoms with Crippen LogP contribution in [0.25, 0.3) is 0 Å². The summed E-state index contributed by atoms with van der Waals surface area (Å²) >= 11 is 0.